The Morgan fingerprint density at radius 1 is 1.10 bits per heavy atom. The molecule has 2 aromatic carbocycles. The Kier molecular flexibility index (Phi) is 6.51. The molecule has 1 aliphatic heterocycles. The average Bonchev–Trinajstić information content (AvgIpc) is 2.72. The van der Waals surface area contributed by atoms with Crippen LogP contribution < -0.4 is 5.32 Å². The summed E-state index contributed by atoms with van der Waals surface area (Å²) in [5.74, 6) is -0.635. The standard InChI is InChI=1S/C19H20ClN3O5S/c20-15-6-9-18(23(25)26)17(12-15)19(24)21-13-14-4-7-16(8-5-14)29(27,28)22-10-2-1-3-11-22/h4-9,12H,1-3,10-11,13H2,(H,21,24). The topological polar surface area (TPSA) is 110 Å². The van der Waals surface area contributed by atoms with Gasteiger partial charge in [0.15, 0.2) is 0 Å². The van der Waals surface area contributed by atoms with E-state index >= 15 is 0 Å². The number of nitro groups is 1. The fourth-order valence-electron chi connectivity index (χ4n) is 3.16. The van der Waals surface area contributed by atoms with Crippen molar-refractivity contribution in [2.75, 3.05) is 13.1 Å². The number of nitrogens with one attached hydrogen (secondary N) is 1. The van der Waals surface area contributed by atoms with Crippen LogP contribution in [-0.2, 0) is 16.6 Å². The van der Waals surface area contributed by atoms with Crippen molar-refractivity contribution in [2.24, 2.45) is 0 Å². The maximum Gasteiger partial charge on any atom is 0.282 e. The Balaban J connectivity index is 1.69. The van der Waals surface area contributed by atoms with Gasteiger partial charge >= 0.3 is 0 Å². The van der Waals surface area contributed by atoms with Crippen LogP contribution in [0.15, 0.2) is 47.4 Å². The number of carbonyl (C=O) groups is 1. The minimum absolute atomic E-state index is 0.0898. The molecule has 2 aromatic rings. The van der Waals surface area contributed by atoms with Crippen LogP contribution in [0.2, 0.25) is 5.02 Å². The van der Waals surface area contributed by atoms with Gasteiger partial charge in [-0.3, -0.25) is 14.9 Å². The zero-order valence-corrected chi connectivity index (χ0v) is 17.1. The molecule has 0 spiro atoms. The zero-order chi connectivity index (χ0) is 21.0. The lowest BCUT2D eigenvalue weighted by Gasteiger charge is -2.25. The van der Waals surface area contributed by atoms with E-state index in [-0.39, 0.29) is 27.7 Å². The second-order valence-electron chi connectivity index (χ2n) is 6.71. The second kappa shape index (κ2) is 8.89. The van der Waals surface area contributed by atoms with Crippen LogP contribution in [0.5, 0.6) is 0 Å². The Bertz CT molecular complexity index is 1020. The minimum Gasteiger partial charge on any atom is -0.348 e. The molecule has 1 amide bonds. The molecule has 1 fully saturated rings. The van der Waals surface area contributed by atoms with E-state index in [0.29, 0.717) is 18.7 Å². The number of hydrogen-bond donors (Lipinski definition) is 1. The fourth-order valence-corrected chi connectivity index (χ4v) is 4.85. The molecule has 3 rings (SSSR count). The summed E-state index contributed by atoms with van der Waals surface area (Å²) in [7, 11) is -3.52. The van der Waals surface area contributed by atoms with Crippen LogP contribution in [0.1, 0.15) is 35.2 Å². The molecule has 0 saturated carbocycles. The van der Waals surface area contributed by atoms with E-state index < -0.39 is 20.9 Å². The predicted molar refractivity (Wildman–Crippen MR) is 108 cm³/mol. The summed E-state index contributed by atoms with van der Waals surface area (Å²) < 4.78 is 26.8. The first-order valence-corrected chi connectivity index (χ1v) is 10.9. The second-order valence-corrected chi connectivity index (χ2v) is 9.08. The number of nitro benzene ring substituents is 1. The number of halogens is 1. The molecule has 0 radical (unpaired) electrons. The van der Waals surface area contributed by atoms with Crippen molar-refractivity contribution in [3.05, 3.63) is 68.7 Å². The number of carbonyl (C=O) groups excluding carboxylic acids is 1. The highest BCUT2D eigenvalue weighted by atomic mass is 35.5. The summed E-state index contributed by atoms with van der Waals surface area (Å²) >= 11 is 5.84. The number of sulfonamides is 1. The van der Waals surface area contributed by atoms with Crippen LogP contribution in [0, 0.1) is 10.1 Å². The van der Waals surface area contributed by atoms with E-state index in [2.05, 4.69) is 5.32 Å². The molecule has 154 valence electrons. The van der Waals surface area contributed by atoms with Crippen LogP contribution in [-0.4, -0.2) is 36.6 Å². The largest absolute Gasteiger partial charge is 0.348 e. The van der Waals surface area contributed by atoms with Gasteiger partial charge in [0.05, 0.1) is 9.82 Å². The fraction of sp³-hybridized carbons (Fsp3) is 0.316. The van der Waals surface area contributed by atoms with E-state index in [4.69, 9.17) is 11.6 Å². The van der Waals surface area contributed by atoms with Gasteiger partial charge in [0.25, 0.3) is 11.6 Å². The molecule has 0 atom stereocenters. The Hall–Kier alpha value is -2.49. The highest BCUT2D eigenvalue weighted by molar-refractivity contribution is 7.89. The average molecular weight is 438 g/mol. The first kappa shape index (κ1) is 21.2. The highest BCUT2D eigenvalue weighted by Gasteiger charge is 2.25. The van der Waals surface area contributed by atoms with Gasteiger partial charge in [0, 0.05) is 30.7 Å². The lowest BCUT2D eigenvalue weighted by atomic mass is 10.1. The van der Waals surface area contributed by atoms with Crippen molar-refractivity contribution in [1.29, 1.82) is 0 Å². The molecule has 1 aliphatic rings. The van der Waals surface area contributed by atoms with Crippen LogP contribution in [0.4, 0.5) is 5.69 Å². The molecule has 8 nitrogen and oxygen atoms in total. The molecule has 1 N–H and O–H groups in total. The van der Waals surface area contributed by atoms with Crippen molar-refractivity contribution in [1.82, 2.24) is 9.62 Å². The Morgan fingerprint density at radius 3 is 2.38 bits per heavy atom. The van der Waals surface area contributed by atoms with Crippen molar-refractivity contribution < 1.29 is 18.1 Å². The molecular formula is C19H20ClN3O5S. The molecule has 0 aliphatic carbocycles. The number of hydrogen-bond acceptors (Lipinski definition) is 5. The molecule has 1 saturated heterocycles. The lowest BCUT2D eigenvalue weighted by Crippen LogP contribution is -2.35. The van der Waals surface area contributed by atoms with E-state index in [1.54, 1.807) is 12.1 Å². The number of nitrogens with zero attached hydrogens (tertiary/aromatic N) is 2. The van der Waals surface area contributed by atoms with Gasteiger partial charge < -0.3 is 5.32 Å². The third kappa shape index (κ3) is 4.92. The van der Waals surface area contributed by atoms with Gasteiger partial charge in [-0.1, -0.05) is 30.2 Å². The van der Waals surface area contributed by atoms with Gasteiger partial charge in [0.1, 0.15) is 5.56 Å². The van der Waals surface area contributed by atoms with Gasteiger partial charge in [0.2, 0.25) is 10.0 Å². The van der Waals surface area contributed by atoms with Crippen LogP contribution in [0.3, 0.4) is 0 Å². The summed E-state index contributed by atoms with van der Waals surface area (Å²) in [6.07, 6.45) is 2.76. The number of piperidine rings is 1. The molecular weight excluding hydrogens is 418 g/mol. The third-order valence-electron chi connectivity index (χ3n) is 4.73. The third-order valence-corrected chi connectivity index (χ3v) is 6.88. The predicted octanol–water partition coefficient (Wildman–Crippen LogP) is 3.35. The van der Waals surface area contributed by atoms with Crippen molar-refractivity contribution in [3.8, 4) is 0 Å². The number of amides is 1. The van der Waals surface area contributed by atoms with Crippen molar-refractivity contribution in [2.45, 2.75) is 30.7 Å². The quantitative estimate of drug-likeness (QED) is 0.550. The summed E-state index contributed by atoms with van der Waals surface area (Å²) in [5, 5.41) is 13.9. The van der Waals surface area contributed by atoms with Gasteiger partial charge in [-0.2, -0.15) is 4.31 Å². The number of rotatable bonds is 6. The first-order valence-electron chi connectivity index (χ1n) is 9.10. The first-order chi connectivity index (χ1) is 13.8. The smallest absolute Gasteiger partial charge is 0.282 e. The van der Waals surface area contributed by atoms with Gasteiger partial charge in [-0.15, -0.1) is 0 Å². The summed E-state index contributed by atoms with van der Waals surface area (Å²) in [4.78, 5) is 23.0. The van der Waals surface area contributed by atoms with E-state index in [1.165, 1.54) is 34.6 Å². The van der Waals surface area contributed by atoms with Gasteiger partial charge in [-0.25, -0.2) is 8.42 Å². The molecule has 10 heteroatoms. The van der Waals surface area contributed by atoms with E-state index in [9.17, 15) is 23.3 Å². The SMILES string of the molecule is O=C(NCc1ccc(S(=O)(=O)N2CCCCC2)cc1)c1cc(Cl)ccc1[N+](=O)[O-]. The number of benzene rings is 2. The lowest BCUT2D eigenvalue weighted by molar-refractivity contribution is -0.385. The Morgan fingerprint density at radius 2 is 1.76 bits per heavy atom. The normalized spacial score (nSPS) is 15.1. The minimum atomic E-state index is -3.52. The molecule has 29 heavy (non-hydrogen) atoms. The maximum absolute atomic E-state index is 12.7. The highest BCUT2D eigenvalue weighted by Crippen LogP contribution is 2.23. The zero-order valence-electron chi connectivity index (χ0n) is 15.5. The summed E-state index contributed by atoms with van der Waals surface area (Å²) in [6, 6.07) is 10.0. The molecule has 0 aromatic heterocycles. The summed E-state index contributed by atoms with van der Waals surface area (Å²) in [6.45, 7) is 1.14. The van der Waals surface area contributed by atoms with Crippen molar-refractivity contribution in [3.63, 3.8) is 0 Å². The molecule has 0 unspecified atom stereocenters. The van der Waals surface area contributed by atoms with Gasteiger partial charge in [-0.05, 0) is 42.7 Å². The van der Waals surface area contributed by atoms with E-state index in [0.717, 1.165) is 19.3 Å². The van der Waals surface area contributed by atoms with Crippen LogP contribution in [0.25, 0.3) is 0 Å². The van der Waals surface area contributed by atoms with Crippen molar-refractivity contribution >= 4 is 33.2 Å². The monoisotopic (exact) mass is 437 g/mol. The molecule has 1 heterocycles. The maximum atomic E-state index is 12.7. The summed E-state index contributed by atoms with van der Waals surface area (Å²) in [5.41, 5.74) is 0.197. The van der Waals surface area contributed by atoms with E-state index in [1.807, 2.05) is 0 Å². The molecule has 0 bridgehead atoms. The Labute approximate surface area is 173 Å². The van der Waals surface area contributed by atoms with Crippen LogP contribution >= 0.6 is 11.6 Å².